The molecule has 8 rings (SSSR count). The van der Waals surface area contributed by atoms with Gasteiger partial charge in [0.15, 0.2) is 11.7 Å². The van der Waals surface area contributed by atoms with E-state index in [2.05, 4.69) is 5.32 Å². The molecular formula is C45H49NO13. The third-order valence-corrected chi connectivity index (χ3v) is 14.4. The van der Waals surface area contributed by atoms with Crippen molar-refractivity contribution in [3.8, 4) is 0 Å². The van der Waals surface area contributed by atoms with Gasteiger partial charge in [-0.1, -0.05) is 80.6 Å². The molecular weight excluding hydrogens is 762 g/mol. The Labute approximate surface area is 341 Å². The van der Waals surface area contributed by atoms with Crippen molar-refractivity contribution in [2.75, 3.05) is 6.61 Å². The highest BCUT2D eigenvalue weighted by atomic mass is 16.7. The van der Waals surface area contributed by atoms with Crippen LogP contribution in [-0.4, -0.2) is 104 Å². The first-order valence-electron chi connectivity index (χ1n) is 19.9. The van der Waals surface area contributed by atoms with Gasteiger partial charge < -0.3 is 44.3 Å². The number of carbonyl (C=O) groups excluding carboxylic acids is 5. The van der Waals surface area contributed by atoms with Crippen LogP contribution in [0, 0.1) is 16.7 Å². The zero-order valence-electron chi connectivity index (χ0n) is 33.5. The number of epoxide rings is 1. The van der Waals surface area contributed by atoms with Crippen LogP contribution in [0.4, 0.5) is 0 Å². The second-order valence-corrected chi connectivity index (χ2v) is 17.5. The highest BCUT2D eigenvalue weighted by molar-refractivity contribution is 5.95. The Kier molecular flexibility index (Phi) is 9.71. The molecule has 2 aliphatic heterocycles. The largest absolute Gasteiger partial charge is 0.457 e. The average Bonchev–Trinajstić information content (AvgIpc) is 3.85. The molecule has 1 unspecified atom stereocenters. The summed E-state index contributed by atoms with van der Waals surface area (Å²) in [4.78, 5) is 69.8. The maximum atomic E-state index is 15.1. The van der Waals surface area contributed by atoms with E-state index in [0.717, 1.165) is 0 Å². The van der Waals surface area contributed by atoms with Gasteiger partial charge in [-0.05, 0) is 43.7 Å². The van der Waals surface area contributed by atoms with E-state index in [0.29, 0.717) is 5.56 Å². The summed E-state index contributed by atoms with van der Waals surface area (Å²) in [5.74, 6) is -5.17. The zero-order valence-corrected chi connectivity index (χ0v) is 33.5. The number of benzene rings is 3. The van der Waals surface area contributed by atoms with Gasteiger partial charge in [0.1, 0.15) is 40.9 Å². The number of esters is 3. The number of nitrogens with one attached hydrogen (secondary N) is 1. The average molecular weight is 812 g/mol. The highest BCUT2D eigenvalue weighted by Gasteiger charge is 2.89. The van der Waals surface area contributed by atoms with E-state index in [9.17, 15) is 34.5 Å². The Morgan fingerprint density at radius 2 is 1.46 bits per heavy atom. The maximum Gasteiger partial charge on any atom is 0.338 e. The van der Waals surface area contributed by atoms with Gasteiger partial charge in [-0.15, -0.1) is 0 Å². The predicted molar refractivity (Wildman–Crippen MR) is 206 cm³/mol. The molecule has 0 aromatic heterocycles. The molecule has 3 aromatic rings. The molecule has 5 aliphatic rings. The fourth-order valence-corrected chi connectivity index (χ4v) is 10.8. The fraction of sp³-hybridized carbons (Fsp3) is 0.489. The molecule has 4 N–H and O–H groups in total. The van der Waals surface area contributed by atoms with E-state index >= 15 is 4.79 Å². The van der Waals surface area contributed by atoms with E-state index in [1.54, 1.807) is 99.6 Å². The Morgan fingerprint density at radius 3 is 2.03 bits per heavy atom. The number of fused-ring (bicyclic) bond motifs is 4. The predicted octanol–water partition coefficient (Wildman–Crippen LogP) is 3.41. The smallest absolute Gasteiger partial charge is 0.338 e. The van der Waals surface area contributed by atoms with Gasteiger partial charge in [-0.25, -0.2) is 9.59 Å². The minimum absolute atomic E-state index is 0.0835. The number of hydrogen-bond acceptors (Lipinski definition) is 13. The first kappa shape index (κ1) is 40.8. The number of carbonyl (C=O) groups is 5. The van der Waals surface area contributed by atoms with Gasteiger partial charge in [0.05, 0.1) is 35.6 Å². The molecule has 0 radical (unpaired) electrons. The normalized spacial score (nSPS) is 37.2. The SMILES string of the molecule is CC(=O)O[C@@]12COC1C[C@H](O)[C@@]1(C)C(=O)C[C@@]34O[C@]3(C)[C@@H](OC(=O)[C@H](O)[C@@H](NC(=O)c3ccccc3)c3ccccc3)C[C@@](O)([C@@H](OC(=O)c3ccccc3)[C@@H]12)C4(C)C. The number of ketones is 1. The number of hydrogen-bond donors (Lipinski definition) is 4. The fourth-order valence-electron chi connectivity index (χ4n) is 10.8. The van der Waals surface area contributed by atoms with Crippen LogP contribution in [0.1, 0.15) is 86.2 Å². The van der Waals surface area contributed by atoms with Crippen LogP contribution in [-0.2, 0) is 38.1 Å². The minimum Gasteiger partial charge on any atom is -0.457 e. The van der Waals surface area contributed by atoms with Crippen LogP contribution in [0.3, 0.4) is 0 Å². The summed E-state index contributed by atoms with van der Waals surface area (Å²) >= 11 is 0. The van der Waals surface area contributed by atoms with Gasteiger partial charge >= 0.3 is 17.9 Å². The van der Waals surface area contributed by atoms with Crippen LogP contribution < -0.4 is 5.32 Å². The topological polar surface area (TPSA) is 208 Å². The van der Waals surface area contributed by atoms with E-state index in [1.165, 1.54) is 26.0 Å². The van der Waals surface area contributed by atoms with Crippen molar-refractivity contribution >= 4 is 29.6 Å². The molecule has 2 bridgehead atoms. The van der Waals surface area contributed by atoms with Crippen LogP contribution in [0.25, 0.3) is 0 Å². The third kappa shape index (κ3) is 5.89. The molecule has 2 saturated heterocycles. The second-order valence-electron chi connectivity index (χ2n) is 17.5. The van der Waals surface area contributed by atoms with Gasteiger partial charge in [0.25, 0.3) is 5.91 Å². The number of aliphatic hydroxyl groups is 3. The van der Waals surface area contributed by atoms with Crippen molar-refractivity contribution in [2.45, 2.75) is 113 Å². The first-order chi connectivity index (χ1) is 27.9. The van der Waals surface area contributed by atoms with Gasteiger partial charge in [0, 0.05) is 37.2 Å². The Bertz CT molecular complexity index is 2170. The van der Waals surface area contributed by atoms with Crippen molar-refractivity contribution in [3.63, 3.8) is 0 Å². The molecule has 3 aromatic carbocycles. The molecule has 12 atom stereocenters. The molecule has 312 valence electrons. The summed E-state index contributed by atoms with van der Waals surface area (Å²) in [7, 11) is 0. The standard InChI is InChI=1S/C45H49NO13/c1-25(47)58-43-24-55-31(43)21-29(48)41(4)30(49)22-45-40(2,3)44(54,36(35(41)43)57-38(52)28-19-13-8-14-20-28)23-32(42(45,5)59-45)56-39(53)34(50)33(26-15-9-6-10-16-26)46-37(51)27-17-11-7-12-18-27/h6-20,29,31-36,48,50,54H,21-24H2,1-5H3,(H,46,51)/t29-,31?,32-,33-,34+,35-,36-,41-,42+,43-,44+,45-/m0/s1. The van der Waals surface area contributed by atoms with E-state index in [-0.39, 0.29) is 30.6 Å². The second kappa shape index (κ2) is 14.1. The number of amides is 1. The summed E-state index contributed by atoms with van der Waals surface area (Å²) < 4.78 is 31.1. The maximum absolute atomic E-state index is 15.1. The number of rotatable bonds is 9. The Morgan fingerprint density at radius 1 is 0.864 bits per heavy atom. The van der Waals surface area contributed by atoms with Crippen molar-refractivity contribution in [3.05, 3.63) is 108 Å². The van der Waals surface area contributed by atoms with E-state index in [4.69, 9.17) is 23.7 Å². The first-order valence-corrected chi connectivity index (χ1v) is 19.9. The summed E-state index contributed by atoms with van der Waals surface area (Å²) in [6.45, 7) is 7.53. The van der Waals surface area contributed by atoms with Crippen LogP contribution in [0.15, 0.2) is 91.0 Å². The van der Waals surface area contributed by atoms with Crippen molar-refractivity contribution in [1.29, 1.82) is 0 Å². The Balaban J connectivity index is 1.22. The number of ether oxygens (including phenoxy) is 5. The van der Waals surface area contributed by atoms with Gasteiger partial charge in [-0.2, -0.15) is 0 Å². The molecule has 5 fully saturated rings. The van der Waals surface area contributed by atoms with Crippen LogP contribution >= 0.6 is 0 Å². The van der Waals surface area contributed by atoms with E-state index < -0.39 is 112 Å². The summed E-state index contributed by atoms with van der Waals surface area (Å²) in [6, 6.07) is 23.4. The molecule has 3 aliphatic carbocycles. The van der Waals surface area contributed by atoms with E-state index in [1.807, 2.05) is 0 Å². The summed E-state index contributed by atoms with van der Waals surface area (Å²) in [6.07, 6.45) is -8.26. The third-order valence-electron chi connectivity index (χ3n) is 14.4. The zero-order chi connectivity index (χ0) is 42.3. The van der Waals surface area contributed by atoms with Crippen molar-refractivity contribution in [1.82, 2.24) is 5.32 Å². The Hall–Kier alpha value is -4.99. The van der Waals surface area contributed by atoms with Crippen LogP contribution in [0.5, 0.6) is 0 Å². The van der Waals surface area contributed by atoms with Crippen LogP contribution in [0.2, 0.25) is 0 Å². The molecule has 59 heavy (non-hydrogen) atoms. The molecule has 1 amide bonds. The lowest BCUT2D eigenvalue weighted by atomic mass is 9.42. The lowest BCUT2D eigenvalue weighted by Gasteiger charge is -2.67. The lowest BCUT2D eigenvalue weighted by Crippen LogP contribution is -2.82. The molecule has 14 heteroatoms. The molecule has 1 spiro atoms. The monoisotopic (exact) mass is 811 g/mol. The highest BCUT2D eigenvalue weighted by Crippen LogP contribution is 2.74. The summed E-state index contributed by atoms with van der Waals surface area (Å²) in [5, 5.41) is 40.0. The number of aliphatic hydroxyl groups excluding tert-OH is 2. The lowest BCUT2D eigenvalue weighted by molar-refractivity contribution is -0.349. The minimum atomic E-state index is -2.24. The quantitative estimate of drug-likeness (QED) is 0.139. The molecule has 3 saturated carbocycles. The summed E-state index contributed by atoms with van der Waals surface area (Å²) in [5.41, 5.74) is -9.27. The van der Waals surface area contributed by atoms with Gasteiger partial charge in [0.2, 0.25) is 0 Å². The van der Waals surface area contributed by atoms with Gasteiger partial charge in [-0.3, -0.25) is 14.4 Å². The van der Waals surface area contributed by atoms with Crippen molar-refractivity contribution in [2.24, 2.45) is 16.7 Å². The number of Topliss-reactive ketones (excluding diaryl/α,β-unsaturated/α-hetero) is 1. The molecule has 14 nitrogen and oxygen atoms in total. The van der Waals surface area contributed by atoms with Crippen molar-refractivity contribution < 1.29 is 63.0 Å². The molecule has 2 heterocycles.